The van der Waals surface area contributed by atoms with Crippen LogP contribution in [0.1, 0.15) is 25.7 Å². The topological polar surface area (TPSA) is 61.4 Å². The molecule has 2 heterocycles. The van der Waals surface area contributed by atoms with Crippen molar-refractivity contribution < 1.29 is 9.59 Å². The zero-order chi connectivity index (χ0) is 16.1. The highest BCUT2D eigenvalue weighted by molar-refractivity contribution is 7.99. The van der Waals surface area contributed by atoms with Gasteiger partial charge in [-0.15, -0.1) is 11.8 Å². The third kappa shape index (κ3) is 4.19. The van der Waals surface area contributed by atoms with E-state index in [1.807, 2.05) is 23.9 Å². The van der Waals surface area contributed by atoms with Gasteiger partial charge in [0, 0.05) is 18.0 Å². The fraction of sp³-hybridized carbons (Fsp3) is 0.529. The van der Waals surface area contributed by atoms with Crippen LogP contribution in [0.2, 0.25) is 0 Å². The quantitative estimate of drug-likeness (QED) is 0.885. The Labute approximate surface area is 141 Å². The number of hydrogen-bond acceptors (Lipinski definition) is 4. The van der Waals surface area contributed by atoms with Crippen molar-refractivity contribution in [3.8, 4) is 0 Å². The Kier molecular flexibility index (Phi) is 5.43. The predicted molar refractivity (Wildman–Crippen MR) is 92.8 cm³/mol. The molecule has 0 spiro atoms. The van der Waals surface area contributed by atoms with Crippen LogP contribution in [-0.4, -0.2) is 43.2 Å². The molecule has 2 aliphatic heterocycles. The molecule has 2 amide bonds. The number of rotatable bonds is 3. The highest BCUT2D eigenvalue weighted by Gasteiger charge is 2.24. The minimum Gasteiger partial charge on any atom is -0.361 e. The van der Waals surface area contributed by atoms with Crippen molar-refractivity contribution in [2.45, 2.75) is 36.6 Å². The monoisotopic (exact) mass is 333 g/mol. The molecule has 2 N–H and O–H groups in total. The Balaban J connectivity index is 1.64. The molecule has 1 atom stereocenters. The van der Waals surface area contributed by atoms with Gasteiger partial charge in [0.1, 0.15) is 6.04 Å². The van der Waals surface area contributed by atoms with E-state index >= 15 is 0 Å². The fourth-order valence-electron chi connectivity index (χ4n) is 3.05. The number of carbonyl (C=O) groups is 2. The highest BCUT2D eigenvalue weighted by Crippen LogP contribution is 2.33. The van der Waals surface area contributed by atoms with Crippen LogP contribution in [0.25, 0.3) is 0 Å². The third-order valence-corrected chi connectivity index (χ3v) is 5.39. The molecule has 0 aromatic heterocycles. The first-order valence-electron chi connectivity index (χ1n) is 8.28. The molecule has 0 bridgehead atoms. The molecule has 5 nitrogen and oxygen atoms in total. The Morgan fingerprint density at radius 3 is 3.09 bits per heavy atom. The molecule has 0 aliphatic carbocycles. The summed E-state index contributed by atoms with van der Waals surface area (Å²) in [4.78, 5) is 27.7. The zero-order valence-electron chi connectivity index (χ0n) is 13.2. The van der Waals surface area contributed by atoms with E-state index in [0.29, 0.717) is 13.1 Å². The van der Waals surface area contributed by atoms with Crippen molar-refractivity contribution in [2.24, 2.45) is 0 Å². The summed E-state index contributed by atoms with van der Waals surface area (Å²) < 4.78 is 0. The van der Waals surface area contributed by atoms with Crippen molar-refractivity contribution in [2.75, 3.05) is 30.3 Å². The lowest BCUT2D eigenvalue weighted by molar-refractivity contribution is -0.128. The van der Waals surface area contributed by atoms with Gasteiger partial charge in [-0.3, -0.25) is 9.59 Å². The van der Waals surface area contributed by atoms with E-state index in [9.17, 15) is 9.59 Å². The van der Waals surface area contributed by atoms with Crippen LogP contribution >= 0.6 is 11.8 Å². The molecule has 1 aromatic carbocycles. The van der Waals surface area contributed by atoms with Crippen molar-refractivity contribution >= 4 is 29.3 Å². The maximum Gasteiger partial charge on any atom is 0.242 e. The van der Waals surface area contributed by atoms with E-state index in [0.717, 1.165) is 43.7 Å². The van der Waals surface area contributed by atoms with Gasteiger partial charge in [-0.2, -0.15) is 0 Å². The average molecular weight is 333 g/mol. The van der Waals surface area contributed by atoms with Gasteiger partial charge in [-0.1, -0.05) is 12.1 Å². The number of carbonyl (C=O) groups excluding carboxylic acids is 2. The van der Waals surface area contributed by atoms with Gasteiger partial charge >= 0.3 is 0 Å². The van der Waals surface area contributed by atoms with Gasteiger partial charge in [-0.05, 0) is 43.6 Å². The van der Waals surface area contributed by atoms with Crippen molar-refractivity contribution in [3.05, 3.63) is 24.3 Å². The van der Waals surface area contributed by atoms with E-state index in [4.69, 9.17) is 0 Å². The number of thioether (sulfide) groups is 1. The number of anilines is 1. The first-order chi connectivity index (χ1) is 11.2. The number of benzene rings is 1. The van der Waals surface area contributed by atoms with Gasteiger partial charge in [0.15, 0.2) is 0 Å². The minimum atomic E-state index is -0.387. The molecule has 2 aliphatic rings. The minimum absolute atomic E-state index is 0.0531. The molecular weight excluding hydrogens is 310 g/mol. The van der Waals surface area contributed by atoms with Crippen LogP contribution in [0.5, 0.6) is 0 Å². The predicted octanol–water partition coefficient (Wildman–Crippen LogP) is 1.77. The first-order valence-corrected chi connectivity index (χ1v) is 9.26. The van der Waals surface area contributed by atoms with Crippen LogP contribution in [0.3, 0.4) is 0 Å². The Hall–Kier alpha value is -1.69. The normalized spacial score (nSPS) is 21.7. The lowest BCUT2D eigenvalue weighted by Crippen LogP contribution is -2.48. The highest BCUT2D eigenvalue weighted by atomic mass is 32.2. The summed E-state index contributed by atoms with van der Waals surface area (Å²) in [6.45, 7) is 1.89. The Morgan fingerprint density at radius 2 is 2.17 bits per heavy atom. The second kappa shape index (κ2) is 7.73. The lowest BCUT2D eigenvalue weighted by Gasteiger charge is -2.25. The maximum absolute atomic E-state index is 12.4. The van der Waals surface area contributed by atoms with Crippen LogP contribution in [0.4, 0.5) is 5.69 Å². The second-order valence-corrected chi connectivity index (χ2v) is 7.13. The van der Waals surface area contributed by atoms with E-state index in [2.05, 4.69) is 27.7 Å². The van der Waals surface area contributed by atoms with Gasteiger partial charge in [-0.25, -0.2) is 0 Å². The fourth-order valence-corrected chi connectivity index (χ4v) is 4.07. The number of para-hydroxylation sites is 1. The average Bonchev–Trinajstić information content (AvgIpc) is 2.87. The van der Waals surface area contributed by atoms with Gasteiger partial charge in [0.2, 0.25) is 11.8 Å². The van der Waals surface area contributed by atoms with E-state index in [1.54, 1.807) is 0 Å². The summed E-state index contributed by atoms with van der Waals surface area (Å²) in [5.74, 6) is 0.941. The van der Waals surface area contributed by atoms with Gasteiger partial charge < -0.3 is 15.5 Å². The number of nitrogens with one attached hydrogen (secondary N) is 2. The van der Waals surface area contributed by atoms with Gasteiger partial charge in [0.05, 0.1) is 12.2 Å². The molecule has 23 heavy (non-hydrogen) atoms. The molecule has 1 saturated heterocycles. The molecular formula is C17H23N3O2S. The molecule has 124 valence electrons. The number of nitrogens with zero attached hydrogens (tertiary/aromatic N) is 1. The Bertz CT molecular complexity index is 579. The second-order valence-electron chi connectivity index (χ2n) is 6.00. The molecule has 0 radical (unpaired) electrons. The van der Waals surface area contributed by atoms with E-state index in [1.165, 1.54) is 4.90 Å². The smallest absolute Gasteiger partial charge is 0.242 e. The van der Waals surface area contributed by atoms with Crippen LogP contribution < -0.4 is 15.5 Å². The first kappa shape index (κ1) is 16.2. The Morgan fingerprint density at radius 1 is 1.30 bits per heavy atom. The molecule has 1 fully saturated rings. The SMILES string of the molecule is O=C(CN1CCCSc2ccccc21)N[C@@H]1CCCCNC1=O. The summed E-state index contributed by atoms with van der Waals surface area (Å²) >= 11 is 1.84. The summed E-state index contributed by atoms with van der Waals surface area (Å²) in [6, 6.07) is 7.83. The van der Waals surface area contributed by atoms with Crippen LogP contribution in [0, 0.1) is 0 Å². The largest absolute Gasteiger partial charge is 0.361 e. The zero-order valence-corrected chi connectivity index (χ0v) is 14.0. The molecule has 0 unspecified atom stereocenters. The van der Waals surface area contributed by atoms with E-state index < -0.39 is 0 Å². The summed E-state index contributed by atoms with van der Waals surface area (Å²) in [5.41, 5.74) is 1.12. The molecule has 6 heteroatoms. The number of hydrogen-bond donors (Lipinski definition) is 2. The number of fused-ring (bicyclic) bond motifs is 1. The van der Waals surface area contributed by atoms with Crippen molar-refractivity contribution in [1.29, 1.82) is 0 Å². The molecule has 3 rings (SSSR count). The summed E-state index contributed by atoms with van der Waals surface area (Å²) in [7, 11) is 0. The summed E-state index contributed by atoms with van der Waals surface area (Å²) in [5, 5.41) is 5.77. The summed E-state index contributed by atoms with van der Waals surface area (Å²) in [6.07, 6.45) is 3.72. The number of amides is 2. The van der Waals surface area contributed by atoms with Crippen LogP contribution in [-0.2, 0) is 9.59 Å². The maximum atomic E-state index is 12.4. The lowest BCUT2D eigenvalue weighted by atomic mass is 10.1. The van der Waals surface area contributed by atoms with Crippen molar-refractivity contribution in [3.63, 3.8) is 0 Å². The molecule has 1 aromatic rings. The molecule has 0 saturated carbocycles. The van der Waals surface area contributed by atoms with Crippen molar-refractivity contribution in [1.82, 2.24) is 10.6 Å². The standard InChI is InChI=1S/C17H23N3O2S/c21-16(19-13-6-3-4-9-18-17(13)22)12-20-10-5-11-23-15-8-2-1-7-14(15)20/h1-2,7-8,13H,3-6,9-12H2,(H,18,22)(H,19,21)/t13-/m1/s1. The third-order valence-electron chi connectivity index (χ3n) is 4.24. The van der Waals surface area contributed by atoms with Crippen LogP contribution in [0.15, 0.2) is 29.2 Å². The van der Waals surface area contributed by atoms with Gasteiger partial charge in [0.25, 0.3) is 0 Å². The van der Waals surface area contributed by atoms with E-state index in [-0.39, 0.29) is 17.9 Å².